The summed E-state index contributed by atoms with van der Waals surface area (Å²) in [7, 11) is 0. The van der Waals surface area contributed by atoms with Crippen LogP contribution in [0.3, 0.4) is 0 Å². The summed E-state index contributed by atoms with van der Waals surface area (Å²) in [6, 6.07) is 17.7. The fourth-order valence-electron chi connectivity index (χ4n) is 3.83. The average molecular weight is 406 g/mol. The summed E-state index contributed by atoms with van der Waals surface area (Å²) in [5, 5.41) is 2.78. The number of ether oxygens (including phenoxy) is 2. The number of pyridine rings is 1. The van der Waals surface area contributed by atoms with E-state index in [1.807, 2.05) is 61.7 Å². The van der Waals surface area contributed by atoms with Crippen LogP contribution in [0.5, 0.6) is 11.5 Å². The first-order chi connectivity index (χ1) is 14.2. The standard InChI is InChI=1S/C23H20ClN3O2/c1-2-28-21-10-4-9-18-20-13-19(16-7-5-11-25-14-16)26-27(20)23(29-22(18)21)15-6-3-8-17(24)12-15/h3-14,20,23,26H,2H2,1H3. The average Bonchev–Trinajstić information content (AvgIpc) is 3.20. The van der Waals surface area contributed by atoms with Gasteiger partial charge in [-0.1, -0.05) is 35.9 Å². The Labute approximate surface area is 174 Å². The summed E-state index contributed by atoms with van der Waals surface area (Å²) in [4.78, 5) is 4.25. The summed E-state index contributed by atoms with van der Waals surface area (Å²) in [5.41, 5.74) is 7.55. The molecule has 146 valence electrons. The first kappa shape index (κ1) is 18.0. The minimum Gasteiger partial charge on any atom is -0.490 e. The second kappa shape index (κ2) is 7.43. The molecule has 0 amide bonds. The van der Waals surface area contributed by atoms with Gasteiger partial charge in [0.1, 0.15) is 0 Å². The lowest BCUT2D eigenvalue weighted by atomic mass is 10.0. The van der Waals surface area contributed by atoms with Crippen molar-refractivity contribution in [3.05, 3.63) is 94.8 Å². The van der Waals surface area contributed by atoms with Crippen LogP contribution in [0.25, 0.3) is 5.70 Å². The molecule has 2 aliphatic rings. The molecule has 2 aromatic carbocycles. The van der Waals surface area contributed by atoms with Crippen LogP contribution < -0.4 is 14.9 Å². The van der Waals surface area contributed by atoms with Crippen molar-refractivity contribution in [2.75, 3.05) is 6.61 Å². The topological polar surface area (TPSA) is 46.6 Å². The van der Waals surface area contributed by atoms with Crippen LogP contribution in [0.2, 0.25) is 5.02 Å². The molecule has 3 aromatic rings. The normalized spacial score (nSPS) is 20.1. The van der Waals surface area contributed by atoms with Crippen LogP contribution in [0.4, 0.5) is 0 Å². The zero-order valence-electron chi connectivity index (χ0n) is 15.9. The van der Waals surface area contributed by atoms with Gasteiger partial charge < -0.3 is 14.9 Å². The highest BCUT2D eigenvalue weighted by molar-refractivity contribution is 6.30. The van der Waals surface area contributed by atoms with Crippen LogP contribution in [0, 0.1) is 0 Å². The Kier molecular flexibility index (Phi) is 4.62. The largest absolute Gasteiger partial charge is 0.490 e. The van der Waals surface area contributed by atoms with E-state index in [0.717, 1.165) is 33.9 Å². The van der Waals surface area contributed by atoms with E-state index in [1.165, 1.54) is 0 Å². The van der Waals surface area contributed by atoms with Crippen LogP contribution in [0.15, 0.2) is 73.1 Å². The Morgan fingerprint density at radius 3 is 2.86 bits per heavy atom. The monoisotopic (exact) mass is 405 g/mol. The lowest BCUT2D eigenvalue weighted by molar-refractivity contribution is -0.0345. The summed E-state index contributed by atoms with van der Waals surface area (Å²) in [6.45, 7) is 2.55. The zero-order valence-corrected chi connectivity index (χ0v) is 16.6. The molecule has 2 unspecified atom stereocenters. The highest BCUT2D eigenvalue weighted by atomic mass is 35.5. The number of benzene rings is 2. The number of nitrogens with one attached hydrogen (secondary N) is 1. The molecule has 5 rings (SSSR count). The van der Waals surface area contributed by atoms with E-state index in [9.17, 15) is 0 Å². The first-order valence-corrected chi connectivity index (χ1v) is 9.97. The maximum absolute atomic E-state index is 6.49. The van der Waals surface area contributed by atoms with Crippen LogP contribution in [-0.4, -0.2) is 16.6 Å². The maximum Gasteiger partial charge on any atom is 0.196 e. The number of aromatic nitrogens is 1. The van der Waals surface area contributed by atoms with Gasteiger partial charge in [-0.25, -0.2) is 0 Å². The summed E-state index contributed by atoms with van der Waals surface area (Å²) in [6.07, 6.45) is 5.46. The lowest BCUT2D eigenvalue weighted by Gasteiger charge is -2.39. The van der Waals surface area contributed by atoms with Gasteiger partial charge in [0, 0.05) is 34.1 Å². The number of hydrazine groups is 1. The van der Waals surface area contributed by atoms with Crippen LogP contribution >= 0.6 is 11.6 Å². The number of hydrogen-bond donors (Lipinski definition) is 1. The SMILES string of the molecule is CCOc1cccc2c1OC(c1cccc(Cl)c1)N1NC(c3cccnc3)=CC21. The van der Waals surface area contributed by atoms with E-state index in [0.29, 0.717) is 11.6 Å². The molecular weight excluding hydrogens is 386 g/mol. The molecule has 0 aliphatic carbocycles. The van der Waals surface area contributed by atoms with Gasteiger partial charge in [-0.15, -0.1) is 0 Å². The molecule has 0 radical (unpaired) electrons. The van der Waals surface area contributed by atoms with E-state index >= 15 is 0 Å². The minimum atomic E-state index is -0.363. The number of halogens is 1. The summed E-state index contributed by atoms with van der Waals surface area (Å²) < 4.78 is 12.3. The number of hydrogen-bond acceptors (Lipinski definition) is 5. The fraction of sp³-hybridized carbons (Fsp3) is 0.174. The third-order valence-corrected chi connectivity index (χ3v) is 5.33. The molecule has 1 aromatic heterocycles. The Balaban J connectivity index is 1.62. The van der Waals surface area contributed by atoms with E-state index in [4.69, 9.17) is 21.1 Å². The predicted octanol–water partition coefficient (Wildman–Crippen LogP) is 5.13. The fourth-order valence-corrected chi connectivity index (χ4v) is 4.03. The van der Waals surface area contributed by atoms with Crippen molar-refractivity contribution in [2.24, 2.45) is 0 Å². The first-order valence-electron chi connectivity index (χ1n) is 9.59. The maximum atomic E-state index is 6.49. The summed E-state index contributed by atoms with van der Waals surface area (Å²) >= 11 is 6.27. The molecule has 0 bridgehead atoms. The Morgan fingerprint density at radius 2 is 2.07 bits per heavy atom. The number of rotatable bonds is 4. The molecule has 5 nitrogen and oxygen atoms in total. The second-order valence-corrected chi connectivity index (χ2v) is 7.36. The Morgan fingerprint density at radius 1 is 1.17 bits per heavy atom. The van der Waals surface area contributed by atoms with Gasteiger partial charge in [-0.3, -0.25) is 4.98 Å². The van der Waals surface area contributed by atoms with Gasteiger partial charge in [0.05, 0.1) is 18.3 Å². The van der Waals surface area contributed by atoms with E-state index < -0.39 is 0 Å². The number of para-hydroxylation sites is 1. The highest BCUT2D eigenvalue weighted by Gasteiger charge is 2.41. The van der Waals surface area contributed by atoms with Crippen molar-refractivity contribution in [1.82, 2.24) is 15.4 Å². The molecule has 3 heterocycles. The van der Waals surface area contributed by atoms with Gasteiger partial charge in [0.15, 0.2) is 17.7 Å². The third-order valence-electron chi connectivity index (χ3n) is 5.09. The molecule has 1 N–H and O–H groups in total. The van der Waals surface area contributed by atoms with Crippen molar-refractivity contribution in [3.63, 3.8) is 0 Å². The van der Waals surface area contributed by atoms with Gasteiger partial charge in [-0.05, 0) is 43.3 Å². The van der Waals surface area contributed by atoms with Crippen molar-refractivity contribution in [2.45, 2.75) is 19.2 Å². The van der Waals surface area contributed by atoms with Gasteiger partial charge in [0.2, 0.25) is 0 Å². The second-order valence-electron chi connectivity index (χ2n) is 6.92. The molecule has 6 heteroatoms. The van der Waals surface area contributed by atoms with E-state index in [-0.39, 0.29) is 12.3 Å². The third kappa shape index (κ3) is 3.22. The lowest BCUT2D eigenvalue weighted by Crippen LogP contribution is -2.43. The quantitative estimate of drug-likeness (QED) is 0.652. The van der Waals surface area contributed by atoms with Crippen molar-refractivity contribution in [1.29, 1.82) is 0 Å². The van der Waals surface area contributed by atoms with Gasteiger partial charge in [0.25, 0.3) is 0 Å². The molecule has 0 saturated heterocycles. The molecular formula is C23H20ClN3O2. The molecule has 29 heavy (non-hydrogen) atoms. The smallest absolute Gasteiger partial charge is 0.196 e. The van der Waals surface area contributed by atoms with Crippen molar-refractivity contribution < 1.29 is 9.47 Å². The summed E-state index contributed by atoms with van der Waals surface area (Å²) in [5.74, 6) is 1.52. The van der Waals surface area contributed by atoms with Crippen LogP contribution in [0.1, 0.15) is 35.9 Å². The molecule has 0 saturated carbocycles. The molecule has 0 spiro atoms. The molecule has 2 aliphatic heterocycles. The number of nitrogens with zero attached hydrogens (tertiary/aromatic N) is 2. The van der Waals surface area contributed by atoms with Gasteiger partial charge in [-0.2, -0.15) is 5.01 Å². The number of fused-ring (bicyclic) bond motifs is 3. The van der Waals surface area contributed by atoms with E-state index in [2.05, 4.69) is 27.6 Å². The molecule has 0 fully saturated rings. The Hall–Kier alpha value is -3.02. The predicted molar refractivity (Wildman–Crippen MR) is 112 cm³/mol. The Bertz CT molecular complexity index is 1070. The van der Waals surface area contributed by atoms with Crippen LogP contribution in [-0.2, 0) is 0 Å². The van der Waals surface area contributed by atoms with Crippen molar-refractivity contribution in [3.8, 4) is 11.5 Å². The van der Waals surface area contributed by atoms with E-state index in [1.54, 1.807) is 6.20 Å². The van der Waals surface area contributed by atoms with Gasteiger partial charge >= 0.3 is 0 Å². The molecule has 2 atom stereocenters. The minimum absolute atomic E-state index is 0.0154. The highest BCUT2D eigenvalue weighted by Crippen LogP contribution is 2.49. The zero-order chi connectivity index (χ0) is 19.8. The van der Waals surface area contributed by atoms with Crippen molar-refractivity contribution >= 4 is 17.3 Å².